The fraction of sp³-hybridized carbons (Fsp3) is 0.333. The van der Waals surface area contributed by atoms with Crippen LogP contribution in [-0.4, -0.2) is 43.8 Å². The van der Waals surface area contributed by atoms with Crippen LogP contribution < -0.4 is 9.62 Å². The number of amides is 2. The van der Waals surface area contributed by atoms with Gasteiger partial charge in [-0.1, -0.05) is 80.6 Å². The lowest BCUT2D eigenvalue weighted by molar-refractivity contribution is -0.139. The van der Waals surface area contributed by atoms with Crippen LogP contribution in [0.25, 0.3) is 0 Å². The number of carbonyl (C=O) groups excluding carboxylic acids is 2. The summed E-state index contributed by atoms with van der Waals surface area (Å²) in [4.78, 5) is 28.9. The Morgan fingerprint density at radius 2 is 1.57 bits per heavy atom. The summed E-state index contributed by atoms with van der Waals surface area (Å²) in [5, 5.41) is 3.08. The van der Waals surface area contributed by atoms with E-state index in [1.165, 1.54) is 17.0 Å². The zero-order valence-electron chi connectivity index (χ0n) is 22.5. The molecule has 1 aliphatic rings. The van der Waals surface area contributed by atoms with Gasteiger partial charge < -0.3 is 10.2 Å². The normalized spacial score (nSPS) is 14.5. The maximum absolute atomic E-state index is 14.0. The van der Waals surface area contributed by atoms with Gasteiger partial charge in [-0.3, -0.25) is 13.9 Å². The fourth-order valence-corrected chi connectivity index (χ4v) is 7.04. The molecule has 0 saturated heterocycles. The minimum atomic E-state index is -4.10. The Balaban J connectivity index is 1.69. The molecule has 212 valence electrons. The van der Waals surface area contributed by atoms with Gasteiger partial charge >= 0.3 is 0 Å². The van der Waals surface area contributed by atoms with Crippen LogP contribution in [0.4, 0.5) is 5.69 Å². The quantitative estimate of drug-likeness (QED) is 0.275. The number of nitrogens with one attached hydrogen (secondary N) is 1. The first-order valence-corrected chi connectivity index (χ1v) is 16.3. The predicted molar refractivity (Wildman–Crippen MR) is 164 cm³/mol. The van der Waals surface area contributed by atoms with Crippen molar-refractivity contribution in [3.8, 4) is 0 Å². The average Bonchev–Trinajstić information content (AvgIpc) is 3.43. The van der Waals surface area contributed by atoms with E-state index in [1.54, 1.807) is 43.3 Å². The first-order chi connectivity index (χ1) is 19.0. The second kappa shape index (κ2) is 13.3. The molecule has 10 heteroatoms. The molecular weight excluding hydrogens is 658 g/mol. The van der Waals surface area contributed by atoms with Gasteiger partial charge in [-0.15, -0.1) is 0 Å². The van der Waals surface area contributed by atoms with Crippen LogP contribution in [-0.2, 0) is 26.2 Å². The molecule has 0 heterocycles. The smallest absolute Gasteiger partial charge is 0.264 e. The Morgan fingerprint density at radius 3 is 2.20 bits per heavy atom. The summed E-state index contributed by atoms with van der Waals surface area (Å²) < 4.78 is 30.4. The number of hydrogen-bond acceptors (Lipinski definition) is 4. The summed E-state index contributed by atoms with van der Waals surface area (Å²) in [6, 6.07) is 20.1. The molecule has 1 N–H and O–H groups in total. The first kappa shape index (κ1) is 30.3. The van der Waals surface area contributed by atoms with Crippen molar-refractivity contribution in [2.75, 3.05) is 10.8 Å². The third-order valence-corrected chi connectivity index (χ3v) is 9.87. The third-order valence-electron chi connectivity index (χ3n) is 7.09. The SMILES string of the molecule is Cc1ccc(S(=O)(=O)N(CC(=O)N(Cc2cccc(Br)c2)C(C)C(=O)NC2CCCC2)c2cccc(Br)c2)cc1. The number of benzene rings is 3. The number of anilines is 1. The second-order valence-corrected chi connectivity index (χ2v) is 13.8. The van der Waals surface area contributed by atoms with Crippen molar-refractivity contribution in [1.82, 2.24) is 10.2 Å². The lowest BCUT2D eigenvalue weighted by Gasteiger charge is -2.32. The van der Waals surface area contributed by atoms with Crippen molar-refractivity contribution in [3.63, 3.8) is 0 Å². The van der Waals surface area contributed by atoms with Crippen molar-refractivity contribution in [2.45, 2.75) is 63.1 Å². The van der Waals surface area contributed by atoms with Crippen molar-refractivity contribution in [1.29, 1.82) is 0 Å². The number of carbonyl (C=O) groups is 2. The summed E-state index contributed by atoms with van der Waals surface area (Å²) in [7, 11) is -4.10. The Kier molecular flexibility index (Phi) is 10.1. The van der Waals surface area contributed by atoms with Crippen LogP contribution in [0, 0.1) is 6.92 Å². The molecule has 0 bridgehead atoms. The van der Waals surface area contributed by atoms with E-state index in [2.05, 4.69) is 37.2 Å². The molecule has 1 fully saturated rings. The maximum atomic E-state index is 14.0. The molecule has 3 aromatic rings. The van der Waals surface area contributed by atoms with E-state index in [9.17, 15) is 18.0 Å². The number of hydrogen-bond donors (Lipinski definition) is 1. The fourth-order valence-electron chi connectivity index (χ4n) is 4.80. The van der Waals surface area contributed by atoms with Gasteiger partial charge in [-0.05, 0) is 74.7 Å². The monoisotopic (exact) mass is 689 g/mol. The highest BCUT2D eigenvalue weighted by molar-refractivity contribution is 9.10. The standard InChI is InChI=1S/C30H33Br2N3O4S/c1-21-13-15-28(16-14-21)40(38,39)35(27-12-6-9-25(32)18-27)20-29(36)34(19-23-7-5-8-24(31)17-23)22(2)30(37)33-26-10-3-4-11-26/h5-9,12-18,22,26H,3-4,10-11,19-20H2,1-2H3,(H,33,37). The molecule has 0 spiro atoms. The largest absolute Gasteiger partial charge is 0.352 e. The van der Waals surface area contributed by atoms with Crippen LogP contribution in [0.5, 0.6) is 0 Å². The highest BCUT2D eigenvalue weighted by Crippen LogP contribution is 2.27. The molecule has 0 aliphatic heterocycles. The minimum Gasteiger partial charge on any atom is -0.352 e. The third kappa shape index (κ3) is 7.53. The van der Waals surface area contributed by atoms with Gasteiger partial charge in [0.2, 0.25) is 11.8 Å². The summed E-state index contributed by atoms with van der Waals surface area (Å²) in [6.07, 6.45) is 3.98. The summed E-state index contributed by atoms with van der Waals surface area (Å²) in [5.41, 5.74) is 2.08. The van der Waals surface area contributed by atoms with E-state index < -0.39 is 28.5 Å². The first-order valence-electron chi connectivity index (χ1n) is 13.2. The second-order valence-electron chi connectivity index (χ2n) is 10.1. The zero-order valence-corrected chi connectivity index (χ0v) is 26.5. The van der Waals surface area contributed by atoms with E-state index in [4.69, 9.17) is 0 Å². The van der Waals surface area contributed by atoms with E-state index in [-0.39, 0.29) is 23.4 Å². The molecule has 4 rings (SSSR count). The number of nitrogens with zero attached hydrogens (tertiary/aromatic N) is 2. The zero-order chi connectivity index (χ0) is 28.9. The lowest BCUT2D eigenvalue weighted by atomic mass is 10.1. The van der Waals surface area contributed by atoms with Crippen molar-refractivity contribution >= 4 is 59.4 Å². The van der Waals surface area contributed by atoms with Gasteiger partial charge in [-0.2, -0.15) is 0 Å². The molecule has 7 nitrogen and oxygen atoms in total. The average molecular weight is 691 g/mol. The number of aryl methyl sites for hydroxylation is 1. The molecule has 1 saturated carbocycles. The molecule has 1 aliphatic carbocycles. The predicted octanol–water partition coefficient (Wildman–Crippen LogP) is 6.19. The van der Waals surface area contributed by atoms with E-state index in [1.807, 2.05) is 31.2 Å². The molecular formula is C30H33Br2N3O4S. The molecule has 0 aromatic heterocycles. The van der Waals surface area contributed by atoms with Gasteiger partial charge in [0, 0.05) is 21.5 Å². The van der Waals surface area contributed by atoms with Crippen LogP contribution >= 0.6 is 31.9 Å². The van der Waals surface area contributed by atoms with Gasteiger partial charge in [-0.25, -0.2) is 8.42 Å². The highest BCUT2D eigenvalue weighted by atomic mass is 79.9. The lowest BCUT2D eigenvalue weighted by Crippen LogP contribution is -2.52. The van der Waals surface area contributed by atoms with Crippen LogP contribution in [0.1, 0.15) is 43.7 Å². The van der Waals surface area contributed by atoms with Gasteiger partial charge in [0.1, 0.15) is 12.6 Å². The molecule has 40 heavy (non-hydrogen) atoms. The van der Waals surface area contributed by atoms with Crippen molar-refractivity contribution in [2.24, 2.45) is 0 Å². The highest BCUT2D eigenvalue weighted by Gasteiger charge is 2.33. The number of sulfonamides is 1. The van der Waals surface area contributed by atoms with Crippen molar-refractivity contribution in [3.05, 3.63) is 92.9 Å². The van der Waals surface area contributed by atoms with Crippen LogP contribution in [0.2, 0.25) is 0 Å². The summed E-state index contributed by atoms with van der Waals surface area (Å²) in [5.74, 6) is -0.727. The number of halogens is 2. The Hall–Kier alpha value is -2.69. The van der Waals surface area contributed by atoms with E-state index in [0.717, 1.165) is 45.6 Å². The molecule has 1 unspecified atom stereocenters. The molecule has 3 aromatic carbocycles. The van der Waals surface area contributed by atoms with Crippen LogP contribution in [0.15, 0.2) is 86.6 Å². The Bertz CT molecular complexity index is 1460. The maximum Gasteiger partial charge on any atom is 0.264 e. The number of rotatable bonds is 10. The molecule has 2 amide bonds. The van der Waals surface area contributed by atoms with Crippen molar-refractivity contribution < 1.29 is 18.0 Å². The van der Waals surface area contributed by atoms with Gasteiger partial charge in [0.25, 0.3) is 10.0 Å². The van der Waals surface area contributed by atoms with Gasteiger partial charge in [0.05, 0.1) is 10.6 Å². The Labute approximate surface area is 253 Å². The summed E-state index contributed by atoms with van der Waals surface area (Å²) in [6.45, 7) is 3.25. The molecule has 1 atom stereocenters. The molecule has 0 radical (unpaired) electrons. The summed E-state index contributed by atoms with van der Waals surface area (Å²) >= 11 is 6.89. The topological polar surface area (TPSA) is 86.8 Å². The van der Waals surface area contributed by atoms with Crippen LogP contribution in [0.3, 0.4) is 0 Å². The van der Waals surface area contributed by atoms with Gasteiger partial charge in [0.15, 0.2) is 0 Å². The van der Waals surface area contributed by atoms with E-state index >= 15 is 0 Å². The minimum absolute atomic E-state index is 0.0800. The Morgan fingerprint density at radius 1 is 0.950 bits per heavy atom. The van der Waals surface area contributed by atoms with E-state index in [0.29, 0.717) is 10.2 Å².